The van der Waals surface area contributed by atoms with Crippen LogP contribution in [-0.2, 0) is 9.53 Å². The molecule has 0 radical (unpaired) electrons. The zero-order valence-electron chi connectivity index (χ0n) is 12.8. The van der Waals surface area contributed by atoms with Gasteiger partial charge in [0.15, 0.2) is 0 Å². The van der Waals surface area contributed by atoms with Gasteiger partial charge in [-0.3, -0.25) is 4.79 Å². The predicted octanol–water partition coefficient (Wildman–Crippen LogP) is 2.73. The summed E-state index contributed by atoms with van der Waals surface area (Å²) < 4.78 is 10.6. The van der Waals surface area contributed by atoms with Crippen molar-refractivity contribution in [1.82, 2.24) is 5.32 Å². The van der Waals surface area contributed by atoms with Crippen molar-refractivity contribution in [2.45, 2.75) is 39.2 Å². The Morgan fingerprint density at radius 1 is 1.25 bits per heavy atom. The first-order valence-electron chi connectivity index (χ1n) is 7.19. The third kappa shape index (κ3) is 4.85. The van der Waals surface area contributed by atoms with Crippen LogP contribution in [0.3, 0.4) is 0 Å². The van der Waals surface area contributed by atoms with Crippen LogP contribution in [-0.4, -0.2) is 32.3 Å². The van der Waals surface area contributed by atoms with Crippen LogP contribution in [0.1, 0.15) is 38.7 Å². The van der Waals surface area contributed by atoms with E-state index in [1.54, 1.807) is 14.0 Å². The molecular formula is C16H25NO3. The van der Waals surface area contributed by atoms with E-state index in [0.717, 1.165) is 12.2 Å². The Kier molecular flexibility index (Phi) is 7.09. The highest BCUT2D eigenvalue weighted by atomic mass is 16.5. The van der Waals surface area contributed by atoms with Crippen molar-refractivity contribution >= 4 is 5.97 Å². The van der Waals surface area contributed by atoms with Crippen LogP contribution in [0.15, 0.2) is 24.3 Å². The molecule has 0 spiro atoms. The standard InChI is InChI=1S/C16H25NO3/c1-5-12(3)13-7-9-14(10-8-13)20-11-15(17-4)16(18)19-6-2/h7-10,12,15,17H,5-6,11H2,1-4H3. The summed E-state index contributed by atoms with van der Waals surface area (Å²) in [5.41, 5.74) is 1.30. The number of carbonyl (C=O) groups is 1. The van der Waals surface area contributed by atoms with Crippen LogP contribution < -0.4 is 10.1 Å². The summed E-state index contributed by atoms with van der Waals surface area (Å²) in [5, 5.41) is 2.90. The molecule has 112 valence electrons. The molecule has 0 aliphatic rings. The summed E-state index contributed by atoms with van der Waals surface area (Å²) in [6.45, 7) is 6.80. The van der Waals surface area contributed by atoms with Gasteiger partial charge in [-0.2, -0.15) is 0 Å². The molecule has 20 heavy (non-hydrogen) atoms. The summed E-state index contributed by atoms with van der Waals surface area (Å²) in [6, 6.07) is 7.59. The molecule has 0 aliphatic heterocycles. The van der Waals surface area contributed by atoms with Crippen molar-refractivity contribution in [3.8, 4) is 5.75 Å². The van der Waals surface area contributed by atoms with Crippen LogP contribution in [0.25, 0.3) is 0 Å². The smallest absolute Gasteiger partial charge is 0.326 e. The van der Waals surface area contributed by atoms with E-state index in [2.05, 4.69) is 31.3 Å². The number of rotatable bonds is 8. The molecule has 0 saturated carbocycles. The van der Waals surface area contributed by atoms with Gasteiger partial charge in [-0.15, -0.1) is 0 Å². The van der Waals surface area contributed by atoms with Crippen LogP contribution >= 0.6 is 0 Å². The van der Waals surface area contributed by atoms with Gasteiger partial charge in [0.2, 0.25) is 0 Å². The highest BCUT2D eigenvalue weighted by Crippen LogP contribution is 2.21. The third-order valence-corrected chi connectivity index (χ3v) is 3.40. The Balaban J connectivity index is 2.54. The Labute approximate surface area is 121 Å². The van der Waals surface area contributed by atoms with Crippen molar-refractivity contribution in [2.75, 3.05) is 20.3 Å². The van der Waals surface area contributed by atoms with E-state index in [4.69, 9.17) is 9.47 Å². The monoisotopic (exact) mass is 279 g/mol. The molecule has 2 atom stereocenters. The van der Waals surface area contributed by atoms with Crippen molar-refractivity contribution < 1.29 is 14.3 Å². The first-order valence-corrected chi connectivity index (χ1v) is 7.19. The first kappa shape index (κ1) is 16.5. The summed E-state index contributed by atoms with van der Waals surface area (Å²) >= 11 is 0. The first-order chi connectivity index (χ1) is 9.62. The molecule has 1 aromatic carbocycles. The van der Waals surface area contributed by atoms with Gasteiger partial charge in [-0.25, -0.2) is 0 Å². The fourth-order valence-corrected chi connectivity index (χ4v) is 1.82. The van der Waals surface area contributed by atoms with Crippen molar-refractivity contribution in [3.05, 3.63) is 29.8 Å². The molecule has 0 fully saturated rings. The SMILES string of the molecule is CCOC(=O)C(COc1ccc(C(C)CC)cc1)NC. The van der Waals surface area contributed by atoms with Crippen molar-refractivity contribution in [1.29, 1.82) is 0 Å². The third-order valence-electron chi connectivity index (χ3n) is 3.40. The van der Waals surface area contributed by atoms with Gasteiger partial charge in [-0.05, 0) is 44.0 Å². The Morgan fingerprint density at radius 3 is 2.40 bits per heavy atom. The Bertz CT molecular complexity index is 403. The average Bonchev–Trinajstić information content (AvgIpc) is 2.48. The minimum Gasteiger partial charge on any atom is -0.491 e. The lowest BCUT2D eigenvalue weighted by atomic mass is 9.99. The molecule has 0 bridgehead atoms. The van der Waals surface area contributed by atoms with Gasteiger partial charge < -0.3 is 14.8 Å². The van der Waals surface area contributed by atoms with Crippen LogP contribution in [0, 0.1) is 0 Å². The van der Waals surface area contributed by atoms with E-state index in [-0.39, 0.29) is 12.6 Å². The van der Waals surface area contributed by atoms with Crippen LogP contribution in [0.5, 0.6) is 5.75 Å². The van der Waals surface area contributed by atoms with E-state index >= 15 is 0 Å². The number of hydrogen-bond acceptors (Lipinski definition) is 4. The van der Waals surface area contributed by atoms with E-state index in [9.17, 15) is 4.79 Å². The lowest BCUT2D eigenvalue weighted by Gasteiger charge is -2.16. The number of esters is 1. The molecule has 0 amide bonds. The second-order valence-corrected chi connectivity index (χ2v) is 4.78. The zero-order chi connectivity index (χ0) is 15.0. The van der Waals surface area contributed by atoms with Gasteiger partial charge in [-0.1, -0.05) is 26.0 Å². The molecule has 1 rings (SSSR count). The zero-order valence-corrected chi connectivity index (χ0v) is 12.8. The quantitative estimate of drug-likeness (QED) is 0.743. The van der Waals surface area contributed by atoms with Gasteiger partial charge in [0.25, 0.3) is 0 Å². The summed E-state index contributed by atoms with van der Waals surface area (Å²) in [5.74, 6) is 1.03. The second kappa shape index (κ2) is 8.59. The minimum atomic E-state index is -0.441. The minimum absolute atomic E-state index is 0.262. The van der Waals surface area contributed by atoms with Gasteiger partial charge in [0.1, 0.15) is 18.4 Å². The lowest BCUT2D eigenvalue weighted by molar-refractivity contribution is -0.146. The van der Waals surface area contributed by atoms with Gasteiger partial charge >= 0.3 is 5.97 Å². The number of hydrogen-bond donors (Lipinski definition) is 1. The number of likely N-dealkylation sites (N-methyl/N-ethyl adjacent to an activating group) is 1. The summed E-state index contributed by atoms with van der Waals surface area (Å²) in [6.07, 6.45) is 1.12. The van der Waals surface area contributed by atoms with E-state index < -0.39 is 6.04 Å². The second-order valence-electron chi connectivity index (χ2n) is 4.78. The normalized spacial score (nSPS) is 13.6. The fourth-order valence-electron chi connectivity index (χ4n) is 1.82. The summed E-state index contributed by atoms with van der Waals surface area (Å²) in [4.78, 5) is 11.6. The number of benzene rings is 1. The predicted molar refractivity (Wildman–Crippen MR) is 80.1 cm³/mol. The number of ether oxygens (including phenoxy) is 2. The molecular weight excluding hydrogens is 254 g/mol. The Morgan fingerprint density at radius 2 is 1.90 bits per heavy atom. The van der Waals surface area contributed by atoms with Crippen LogP contribution in [0.2, 0.25) is 0 Å². The average molecular weight is 279 g/mol. The molecule has 1 N–H and O–H groups in total. The fraction of sp³-hybridized carbons (Fsp3) is 0.562. The van der Waals surface area contributed by atoms with Gasteiger partial charge in [0, 0.05) is 0 Å². The van der Waals surface area contributed by atoms with Crippen molar-refractivity contribution in [3.63, 3.8) is 0 Å². The lowest BCUT2D eigenvalue weighted by Crippen LogP contribution is -2.40. The molecule has 0 saturated heterocycles. The maximum Gasteiger partial charge on any atom is 0.326 e. The largest absolute Gasteiger partial charge is 0.491 e. The molecule has 1 aromatic rings. The highest BCUT2D eigenvalue weighted by molar-refractivity contribution is 5.75. The van der Waals surface area contributed by atoms with Crippen molar-refractivity contribution in [2.24, 2.45) is 0 Å². The highest BCUT2D eigenvalue weighted by Gasteiger charge is 2.18. The molecule has 0 aromatic heterocycles. The van der Waals surface area contributed by atoms with Crippen LogP contribution in [0.4, 0.5) is 0 Å². The molecule has 2 unspecified atom stereocenters. The molecule has 0 aliphatic carbocycles. The van der Waals surface area contributed by atoms with E-state index in [1.807, 2.05) is 12.1 Å². The maximum atomic E-state index is 11.6. The topological polar surface area (TPSA) is 47.6 Å². The maximum absolute atomic E-state index is 11.6. The Hall–Kier alpha value is -1.55. The van der Waals surface area contributed by atoms with Gasteiger partial charge in [0.05, 0.1) is 6.61 Å². The molecule has 4 heteroatoms. The molecule has 4 nitrogen and oxygen atoms in total. The summed E-state index contributed by atoms with van der Waals surface area (Å²) in [7, 11) is 1.72. The van der Waals surface area contributed by atoms with E-state index in [0.29, 0.717) is 12.5 Å². The number of nitrogens with one attached hydrogen (secondary N) is 1. The van der Waals surface area contributed by atoms with E-state index in [1.165, 1.54) is 5.56 Å². The molecule has 0 heterocycles. The number of carbonyl (C=O) groups excluding carboxylic acids is 1.